The molecule has 2 nitrogen and oxygen atoms in total. The highest BCUT2D eigenvalue weighted by atomic mass is 19.4. The number of alkyl halides is 3. The molecule has 1 unspecified atom stereocenters. The Morgan fingerprint density at radius 3 is 2.67 bits per heavy atom. The maximum atomic E-state index is 12.0. The molecule has 0 aromatic rings. The Hall–Kier alpha value is -0.970. The molecular weight excluding hydrogens is 171 g/mol. The number of dihydropyridines is 1. The second kappa shape index (κ2) is 3.18. The van der Waals surface area contributed by atoms with Crippen LogP contribution in [0.5, 0.6) is 0 Å². The third-order valence-electron chi connectivity index (χ3n) is 1.46. The van der Waals surface area contributed by atoms with E-state index in [-0.39, 0.29) is 5.70 Å². The summed E-state index contributed by atoms with van der Waals surface area (Å²) in [7, 11) is 0. The van der Waals surface area contributed by atoms with Crippen LogP contribution in [-0.2, 0) is 0 Å². The molecule has 0 aromatic heterocycles. The Morgan fingerprint density at radius 1 is 1.50 bits per heavy atom. The standard InChI is InChI=1S/C7H8F3NO/c8-7(9,10)6-3-1-2-5(4-12)11-6/h1-3,6,11-12H,4H2. The Bertz CT molecular complexity index is 219. The number of hydrogen-bond donors (Lipinski definition) is 2. The van der Waals surface area contributed by atoms with E-state index in [2.05, 4.69) is 5.32 Å². The first-order valence-electron chi connectivity index (χ1n) is 3.35. The molecule has 0 spiro atoms. The summed E-state index contributed by atoms with van der Waals surface area (Å²) < 4.78 is 36.1. The summed E-state index contributed by atoms with van der Waals surface area (Å²) in [5, 5.41) is 10.7. The Morgan fingerprint density at radius 2 is 2.17 bits per heavy atom. The van der Waals surface area contributed by atoms with Gasteiger partial charge in [-0.05, 0) is 6.08 Å². The van der Waals surface area contributed by atoms with Crippen molar-refractivity contribution in [1.29, 1.82) is 0 Å². The van der Waals surface area contributed by atoms with Gasteiger partial charge in [0, 0.05) is 5.70 Å². The largest absolute Gasteiger partial charge is 0.412 e. The lowest BCUT2D eigenvalue weighted by atomic mass is 10.2. The van der Waals surface area contributed by atoms with Crippen molar-refractivity contribution in [3.05, 3.63) is 23.9 Å². The minimum absolute atomic E-state index is 0.180. The number of hydrogen-bond acceptors (Lipinski definition) is 2. The van der Waals surface area contributed by atoms with Gasteiger partial charge in [-0.1, -0.05) is 12.2 Å². The molecule has 0 fully saturated rings. The summed E-state index contributed by atoms with van der Waals surface area (Å²) in [4.78, 5) is 0. The first-order valence-corrected chi connectivity index (χ1v) is 3.35. The molecular formula is C7H8F3NO. The quantitative estimate of drug-likeness (QED) is 0.628. The molecule has 2 N–H and O–H groups in total. The molecule has 1 aliphatic rings. The predicted molar refractivity (Wildman–Crippen MR) is 37.3 cm³/mol. The summed E-state index contributed by atoms with van der Waals surface area (Å²) in [5.74, 6) is 0. The van der Waals surface area contributed by atoms with Crippen molar-refractivity contribution >= 4 is 0 Å². The zero-order chi connectivity index (χ0) is 9.19. The Labute approximate surface area is 67.4 Å². The second-order valence-corrected chi connectivity index (χ2v) is 2.40. The number of halogens is 3. The van der Waals surface area contributed by atoms with Crippen LogP contribution in [0.4, 0.5) is 13.2 Å². The molecule has 1 atom stereocenters. The summed E-state index contributed by atoms with van der Waals surface area (Å²) in [5.41, 5.74) is 0.180. The first kappa shape index (κ1) is 9.12. The summed E-state index contributed by atoms with van der Waals surface area (Å²) in [6.07, 6.45) is -0.618. The third-order valence-corrected chi connectivity index (χ3v) is 1.46. The van der Waals surface area contributed by atoms with Crippen LogP contribution in [0.1, 0.15) is 0 Å². The molecule has 0 radical (unpaired) electrons. The van der Waals surface area contributed by atoms with Crippen LogP contribution in [-0.4, -0.2) is 23.9 Å². The van der Waals surface area contributed by atoms with Crippen molar-refractivity contribution in [2.75, 3.05) is 6.61 Å². The van der Waals surface area contributed by atoms with E-state index < -0.39 is 18.8 Å². The van der Waals surface area contributed by atoms with Crippen molar-refractivity contribution in [1.82, 2.24) is 5.32 Å². The topological polar surface area (TPSA) is 32.3 Å². The lowest BCUT2D eigenvalue weighted by Crippen LogP contribution is -2.41. The van der Waals surface area contributed by atoms with Crippen LogP contribution in [0.15, 0.2) is 23.9 Å². The average molecular weight is 179 g/mol. The van der Waals surface area contributed by atoms with E-state index in [0.29, 0.717) is 0 Å². The van der Waals surface area contributed by atoms with Gasteiger partial charge in [-0.15, -0.1) is 0 Å². The van der Waals surface area contributed by atoms with Crippen LogP contribution in [0, 0.1) is 0 Å². The highest BCUT2D eigenvalue weighted by Gasteiger charge is 2.38. The van der Waals surface area contributed by atoms with Gasteiger partial charge in [0.1, 0.15) is 6.04 Å². The Balaban J connectivity index is 2.65. The molecule has 0 saturated carbocycles. The van der Waals surface area contributed by atoms with E-state index in [4.69, 9.17) is 5.11 Å². The summed E-state index contributed by atoms with van der Waals surface area (Å²) in [6.45, 7) is -0.406. The molecule has 1 heterocycles. The van der Waals surface area contributed by atoms with E-state index >= 15 is 0 Å². The van der Waals surface area contributed by atoms with Gasteiger partial charge in [-0.2, -0.15) is 13.2 Å². The van der Waals surface area contributed by atoms with E-state index in [1.807, 2.05) is 0 Å². The molecule has 0 saturated heterocycles. The molecule has 0 bridgehead atoms. The lowest BCUT2D eigenvalue weighted by molar-refractivity contribution is -0.143. The molecule has 0 aliphatic carbocycles. The van der Waals surface area contributed by atoms with Gasteiger partial charge in [-0.3, -0.25) is 0 Å². The van der Waals surface area contributed by atoms with Gasteiger partial charge in [0.25, 0.3) is 0 Å². The van der Waals surface area contributed by atoms with Crippen LogP contribution < -0.4 is 5.32 Å². The average Bonchev–Trinajstić information content (AvgIpc) is 2.03. The molecule has 68 valence electrons. The highest BCUT2D eigenvalue weighted by molar-refractivity contribution is 5.21. The molecule has 1 rings (SSSR count). The zero-order valence-corrected chi connectivity index (χ0v) is 6.10. The second-order valence-electron chi connectivity index (χ2n) is 2.40. The van der Waals surface area contributed by atoms with E-state index in [1.54, 1.807) is 0 Å². The van der Waals surface area contributed by atoms with Crippen LogP contribution >= 0.6 is 0 Å². The first-order chi connectivity index (χ1) is 5.54. The zero-order valence-electron chi connectivity index (χ0n) is 6.10. The number of aliphatic hydroxyl groups is 1. The normalized spacial score (nSPS) is 23.3. The minimum atomic E-state index is -4.30. The summed E-state index contributed by atoms with van der Waals surface area (Å²) in [6, 6.07) is -1.68. The maximum Gasteiger partial charge on any atom is 0.412 e. The highest BCUT2D eigenvalue weighted by Crippen LogP contribution is 2.23. The SMILES string of the molecule is OCC1=CC=CC(C(F)(F)F)N1. The van der Waals surface area contributed by atoms with Gasteiger partial charge in [0.05, 0.1) is 6.61 Å². The van der Waals surface area contributed by atoms with Crippen LogP contribution in [0.25, 0.3) is 0 Å². The van der Waals surface area contributed by atoms with E-state index in [9.17, 15) is 13.2 Å². The smallest absolute Gasteiger partial charge is 0.390 e. The number of aliphatic hydroxyl groups excluding tert-OH is 1. The molecule has 5 heteroatoms. The minimum Gasteiger partial charge on any atom is -0.390 e. The van der Waals surface area contributed by atoms with Crippen LogP contribution in [0.3, 0.4) is 0 Å². The molecule has 12 heavy (non-hydrogen) atoms. The van der Waals surface area contributed by atoms with Crippen molar-refractivity contribution in [2.24, 2.45) is 0 Å². The van der Waals surface area contributed by atoms with Gasteiger partial charge in [-0.25, -0.2) is 0 Å². The fourth-order valence-corrected chi connectivity index (χ4v) is 0.868. The van der Waals surface area contributed by atoms with Gasteiger partial charge < -0.3 is 10.4 Å². The molecule has 0 aromatic carbocycles. The third kappa shape index (κ3) is 2.01. The van der Waals surface area contributed by atoms with Crippen molar-refractivity contribution < 1.29 is 18.3 Å². The number of nitrogens with one attached hydrogen (secondary N) is 1. The summed E-state index contributed by atoms with van der Waals surface area (Å²) >= 11 is 0. The molecule has 0 amide bonds. The van der Waals surface area contributed by atoms with Crippen molar-refractivity contribution in [2.45, 2.75) is 12.2 Å². The molecule has 1 aliphatic heterocycles. The van der Waals surface area contributed by atoms with Gasteiger partial charge in [0.2, 0.25) is 0 Å². The number of allylic oxidation sites excluding steroid dienone is 2. The van der Waals surface area contributed by atoms with E-state index in [0.717, 1.165) is 6.08 Å². The van der Waals surface area contributed by atoms with E-state index in [1.165, 1.54) is 12.2 Å². The fourth-order valence-electron chi connectivity index (χ4n) is 0.868. The predicted octanol–water partition coefficient (Wildman–Crippen LogP) is 0.953. The van der Waals surface area contributed by atoms with Gasteiger partial charge >= 0.3 is 6.18 Å². The lowest BCUT2D eigenvalue weighted by Gasteiger charge is -2.22. The monoisotopic (exact) mass is 179 g/mol. The van der Waals surface area contributed by atoms with Crippen LogP contribution in [0.2, 0.25) is 0 Å². The Kier molecular flexibility index (Phi) is 2.42. The van der Waals surface area contributed by atoms with Gasteiger partial charge in [0.15, 0.2) is 0 Å². The fraction of sp³-hybridized carbons (Fsp3) is 0.429. The van der Waals surface area contributed by atoms with Crippen molar-refractivity contribution in [3.63, 3.8) is 0 Å². The van der Waals surface area contributed by atoms with Crippen molar-refractivity contribution in [3.8, 4) is 0 Å². The maximum absolute atomic E-state index is 12.0. The number of rotatable bonds is 1.